The Morgan fingerprint density at radius 3 is 2.58 bits per heavy atom. The van der Waals surface area contributed by atoms with Gasteiger partial charge in [0.05, 0.1) is 17.9 Å². The minimum Gasteiger partial charge on any atom is -0.323 e. The van der Waals surface area contributed by atoms with Gasteiger partial charge in [0.1, 0.15) is 0 Å². The summed E-state index contributed by atoms with van der Waals surface area (Å²) in [7, 11) is 2.82. The number of hydrogen-bond donors (Lipinski definition) is 1. The Hall–Kier alpha value is -2.58. The number of aryl methyl sites for hydroxylation is 3. The predicted octanol–water partition coefficient (Wildman–Crippen LogP) is 3.11. The van der Waals surface area contributed by atoms with Crippen LogP contribution in [-0.2, 0) is 19.8 Å². The Bertz CT molecular complexity index is 754. The molecule has 130 valence electrons. The van der Waals surface area contributed by atoms with Crippen molar-refractivity contribution in [2.24, 2.45) is 7.05 Å². The number of carbonyl (C=O) groups is 1. The van der Waals surface area contributed by atoms with Crippen LogP contribution in [0.5, 0.6) is 0 Å². The second-order valence-corrected chi connectivity index (χ2v) is 5.55. The summed E-state index contributed by atoms with van der Waals surface area (Å²) >= 11 is 0. The smallest absolute Gasteiger partial charge is 0.323 e. The summed E-state index contributed by atoms with van der Waals surface area (Å²) < 4.78 is 39.9. The normalized spacial score (nSPS) is 11.5. The van der Waals surface area contributed by atoms with E-state index < -0.39 is 17.9 Å². The van der Waals surface area contributed by atoms with Crippen LogP contribution in [0.2, 0.25) is 0 Å². The van der Waals surface area contributed by atoms with Crippen molar-refractivity contribution in [1.82, 2.24) is 19.7 Å². The van der Waals surface area contributed by atoms with Crippen LogP contribution in [0, 0.1) is 13.8 Å². The van der Waals surface area contributed by atoms with Crippen LogP contribution in [0.25, 0.3) is 0 Å². The van der Waals surface area contributed by atoms with E-state index in [4.69, 9.17) is 0 Å². The highest BCUT2D eigenvalue weighted by molar-refractivity contribution is 5.89. The fraction of sp³-hybridized carbons (Fsp3) is 0.400. The summed E-state index contributed by atoms with van der Waals surface area (Å²) in [6, 6.07) is 2.92. The zero-order chi connectivity index (χ0) is 18.1. The summed E-state index contributed by atoms with van der Waals surface area (Å²) in [5.41, 5.74) is 0.900. The fourth-order valence-electron chi connectivity index (χ4n) is 2.25. The van der Waals surface area contributed by atoms with Crippen LogP contribution in [-0.4, -0.2) is 32.7 Å². The van der Waals surface area contributed by atoms with E-state index in [1.165, 1.54) is 20.3 Å². The molecular formula is C15H18F3N5O. The van der Waals surface area contributed by atoms with E-state index in [-0.39, 0.29) is 12.1 Å². The molecule has 2 aromatic heterocycles. The van der Waals surface area contributed by atoms with Crippen LogP contribution >= 0.6 is 0 Å². The summed E-state index contributed by atoms with van der Waals surface area (Å²) in [5, 5.41) is 6.06. The molecule has 0 aliphatic heterocycles. The Morgan fingerprint density at radius 1 is 1.33 bits per heavy atom. The highest BCUT2D eigenvalue weighted by atomic mass is 19.4. The van der Waals surface area contributed by atoms with Crippen LogP contribution in [0.15, 0.2) is 18.3 Å². The number of rotatable bonds is 3. The van der Waals surface area contributed by atoms with Crippen LogP contribution in [0.3, 0.4) is 0 Å². The standard InChI is InChI=1S/C15H18F3N5O/c1-9-5-6-12(10(2)19-9)20-14(24)22(3)7-11-8-23(4)21-13(11)15(16,17)18/h5-6,8H,7H2,1-4H3,(H,20,24). The Balaban J connectivity index is 2.12. The number of pyridine rings is 1. The summed E-state index contributed by atoms with van der Waals surface area (Å²) in [6.45, 7) is 3.35. The van der Waals surface area contributed by atoms with Gasteiger partial charge >= 0.3 is 12.2 Å². The lowest BCUT2D eigenvalue weighted by Gasteiger charge is -2.19. The molecule has 2 amide bonds. The molecule has 2 rings (SSSR count). The average molecular weight is 341 g/mol. The molecule has 0 saturated heterocycles. The Kier molecular flexibility index (Phi) is 4.81. The molecule has 2 heterocycles. The summed E-state index contributed by atoms with van der Waals surface area (Å²) in [4.78, 5) is 17.6. The molecule has 0 atom stereocenters. The second-order valence-electron chi connectivity index (χ2n) is 5.55. The zero-order valence-electron chi connectivity index (χ0n) is 13.8. The van der Waals surface area contributed by atoms with Crippen LogP contribution in [0.4, 0.5) is 23.7 Å². The first-order valence-corrected chi connectivity index (χ1v) is 7.14. The lowest BCUT2D eigenvalue weighted by molar-refractivity contribution is -0.142. The first kappa shape index (κ1) is 17.8. The molecule has 0 radical (unpaired) electrons. The number of nitrogens with zero attached hydrogens (tertiary/aromatic N) is 4. The van der Waals surface area contributed by atoms with Gasteiger partial charge in [-0.05, 0) is 26.0 Å². The van der Waals surface area contributed by atoms with Crippen molar-refractivity contribution >= 4 is 11.7 Å². The molecule has 24 heavy (non-hydrogen) atoms. The molecule has 9 heteroatoms. The molecule has 0 fully saturated rings. The monoisotopic (exact) mass is 341 g/mol. The van der Waals surface area contributed by atoms with E-state index in [1.54, 1.807) is 19.1 Å². The van der Waals surface area contributed by atoms with Gasteiger partial charge in [-0.25, -0.2) is 4.79 Å². The molecule has 2 aromatic rings. The number of halogens is 3. The van der Waals surface area contributed by atoms with Crippen molar-refractivity contribution in [3.05, 3.63) is 41.0 Å². The van der Waals surface area contributed by atoms with Gasteiger partial charge in [0.15, 0.2) is 5.69 Å². The second kappa shape index (κ2) is 6.50. The minimum absolute atomic E-state index is 0.0681. The van der Waals surface area contributed by atoms with Gasteiger partial charge in [0.2, 0.25) is 0 Å². The first-order chi connectivity index (χ1) is 11.1. The van der Waals surface area contributed by atoms with E-state index in [0.29, 0.717) is 11.4 Å². The molecular weight excluding hydrogens is 323 g/mol. The third-order valence-electron chi connectivity index (χ3n) is 3.39. The number of carbonyl (C=O) groups excluding carboxylic acids is 1. The maximum Gasteiger partial charge on any atom is 0.435 e. The number of anilines is 1. The van der Waals surface area contributed by atoms with Crippen molar-refractivity contribution in [1.29, 1.82) is 0 Å². The van der Waals surface area contributed by atoms with E-state index in [2.05, 4.69) is 15.4 Å². The van der Waals surface area contributed by atoms with Gasteiger partial charge in [0.25, 0.3) is 0 Å². The largest absolute Gasteiger partial charge is 0.435 e. The highest BCUT2D eigenvalue weighted by Crippen LogP contribution is 2.31. The van der Waals surface area contributed by atoms with Crippen molar-refractivity contribution in [3.8, 4) is 0 Å². The van der Waals surface area contributed by atoms with E-state index in [1.807, 2.05) is 6.92 Å². The maximum absolute atomic E-state index is 12.9. The fourth-order valence-corrected chi connectivity index (χ4v) is 2.25. The number of urea groups is 1. The van der Waals surface area contributed by atoms with Crippen molar-refractivity contribution in [2.45, 2.75) is 26.6 Å². The van der Waals surface area contributed by atoms with E-state index >= 15 is 0 Å². The van der Waals surface area contributed by atoms with Gasteiger partial charge in [-0.15, -0.1) is 0 Å². The summed E-state index contributed by atoms with van der Waals surface area (Å²) in [5.74, 6) is 0. The number of amides is 2. The molecule has 0 aliphatic rings. The molecule has 0 spiro atoms. The maximum atomic E-state index is 12.9. The van der Waals surface area contributed by atoms with E-state index in [0.717, 1.165) is 15.3 Å². The SMILES string of the molecule is Cc1ccc(NC(=O)N(C)Cc2cn(C)nc2C(F)(F)F)c(C)n1. The number of aromatic nitrogens is 3. The average Bonchev–Trinajstić information content (AvgIpc) is 2.82. The molecule has 1 N–H and O–H groups in total. The van der Waals surface area contributed by atoms with Gasteiger partial charge in [0, 0.05) is 31.5 Å². The molecule has 0 aromatic carbocycles. The third kappa shape index (κ3) is 4.03. The minimum atomic E-state index is -4.56. The third-order valence-corrected chi connectivity index (χ3v) is 3.39. The lowest BCUT2D eigenvalue weighted by Crippen LogP contribution is -2.31. The topological polar surface area (TPSA) is 63.1 Å². The highest BCUT2D eigenvalue weighted by Gasteiger charge is 2.37. The predicted molar refractivity (Wildman–Crippen MR) is 82.4 cm³/mol. The molecule has 6 nitrogen and oxygen atoms in total. The number of alkyl halides is 3. The molecule has 0 unspecified atom stereocenters. The lowest BCUT2D eigenvalue weighted by atomic mass is 10.2. The van der Waals surface area contributed by atoms with Crippen molar-refractivity contribution in [2.75, 3.05) is 12.4 Å². The van der Waals surface area contributed by atoms with Crippen LogP contribution in [0.1, 0.15) is 22.6 Å². The molecule has 0 bridgehead atoms. The van der Waals surface area contributed by atoms with Gasteiger partial charge < -0.3 is 10.2 Å². The molecule has 0 saturated carbocycles. The molecule has 0 aliphatic carbocycles. The summed E-state index contributed by atoms with van der Waals surface area (Å²) in [6.07, 6.45) is -3.31. The number of hydrogen-bond acceptors (Lipinski definition) is 3. The van der Waals surface area contributed by atoms with Crippen molar-refractivity contribution in [3.63, 3.8) is 0 Å². The quantitative estimate of drug-likeness (QED) is 0.933. The van der Waals surface area contributed by atoms with Gasteiger partial charge in [-0.2, -0.15) is 18.3 Å². The van der Waals surface area contributed by atoms with Crippen molar-refractivity contribution < 1.29 is 18.0 Å². The van der Waals surface area contributed by atoms with E-state index in [9.17, 15) is 18.0 Å². The van der Waals surface area contributed by atoms with Crippen LogP contribution < -0.4 is 5.32 Å². The van der Waals surface area contributed by atoms with Gasteiger partial charge in [-0.1, -0.05) is 0 Å². The number of nitrogens with one attached hydrogen (secondary N) is 1. The Labute approximate surface area is 137 Å². The zero-order valence-corrected chi connectivity index (χ0v) is 13.8. The first-order valence-electron chi connectivity index (χ1n) is 7.14. The van der Waals surface area contributed by atoms with Gasteiger partial charge in [-0.3, -0.25) is 9.67 Å². The Morgan fingerprint density at radius 2 is 2.00 bits per heavy atom.